The Morgan fingerprint density at radius 1 is 1.62 bits per heavy atom. The SMILES string of the molecule is C=C(C)CCn1nc(C)n(C)c1=O. The molecule has 0 aromatic carbocycles. The highest BCUT2D eigenvalue weighted by atomic mass is 16.2. The average Bonchev–Trinajstić information content (AvgIpc) is 2.29. The van der Waals surface area contributed by atoms with Crippen LogP contribution in [0.3, 0.4) is 0 Å². The zero-order chi connectivity index (χ0) is 10.0. The van der Waals surface area contributed by atoms with Crippen molar-refractivity contribution in [2.45, 2.75) is 26.8 Å². The van der Waals surface area contributed by atoms with E-state index in [4.69, 9.17) is 0 Å². The molecule has 0 unspecified atom stereocenters. The number of rotatable bonds is 3. The van der Waals surface area contributed by atoms with Crippen molar-refractivity contribution in [2.75, 3.05) is 0 Å². The van der Waals surface area contributed by atoms with Crippen molar-refractivity contribution >= 4 is 0 Å². The number of nitrogens with zero attached hydrogens (tertiary/aromatic N) is 3. The van der Waals surface area contributed by atoms with E-state index in [2.05, 4.69) is 11.7 Å². The summed E-state index contributed by atoms with van der Waals surface area (Å²) in [6.07, 6.45) is 0.802. The van der Waals surface area contributed by atoms with E-state index in [0.29, 0.717) is 6.54 Å². The van der Waals surface area contributed by atoms with E-state index in [1.807, 2.05) is 13.8 Å². The summed E-state index contributed by atoms with van der Waals surface area (Å²) in [5.74, 6) is 0.742. The molecule has 13 heavy (non-hydrogen) atoms. The van der Waals surface area contributed by atoms with Gasteiger partial charge in [-0.15, -0.1) is 6.58 Å². The van der Waals surface area contributed by atoms with Gasteiger partial charge in [0.15, 0.2) is 0 Å². The van der Waals surface area contributed by atoms with Crippen LogP contribution in [0.1, 0.15) is 19.2 Å². The van der Waals surface area contributed by atoms with E-state index in [1.54, 1.807) is 11.6 Å². The molecule has 0 fully saturated rings. The third kappa shape index (κ3) is 2.08. The first-order valence-corrected chi connectivity index (χ1v) is 4.27. The minimum atomic E-state index is -0.0567. The van der Waals surface area contributed by atoms with Gasteiger partial charge in [-0.3, -0.25) is 4.57 Å². The van der Waals surface area contributed by atoms with Crippen LogP contribution in [0, 0.1) is 6.92 Å². The summed E-state index contributed by atoms with van der Waals surface area (Å²) in [7, 11) is 1.72. The Kier molecular flexibility index (Phi) is 2.70. The normalized spacial score (nSPS) is 10.4. The monoisotopic (exact) mass is 181 g/mol. The van der Waals surface area contributed by atoms with E-state index in [-0.39, 0.29) is 5.69 Å². The van der Waals surface area contributed by atoms with Crippen molar-refractivity contribution in [3.05, 3.63) is 28.5 Å². The van der Waals surface area contributed by atoms with Gasteiger partial charge in [0.25, 0.3) is 0 Å². The highest BCUT2D eigenvalue weighted by Gasteiger charge is 2.04. The van der Waals surface area contributed by atoms with Gasteiger partial charge in [-0.05, 0) is 20.3 Å². The zero-order valence-electron chi connectivity index (χ0n) is 8.37. The van der Waals surface area contributed by atoms with Crippen LogP contribution in [0.2, 0.25) is 0 Å². The van der Waals surface area contributed by atoms with E-state index < -0.39 is 0 Å². The van der Waals surface area contributed by atoms with Gasteiger partial charge >= 0.3 is 5.69 Å². The number of aromatic nitrogens is 3. The van der Waals surface area contributed by atoms with Crippen molar-refractivity contribution in [3.8, 4) is 0 Å². The van der Waals surface area contributed by atoms with Crippen LogP contribution in [-0.2, 0) is 13.6 Å². The summed E-state index contributed by atoms with van der Waals surface area (Å²) >= 11 is 0. The van der Waals surface area contributed by atoms with Crippen LogP contribution in [0.25, 0.3) is 0 Å². The third-order valence-electron chi connectivity index (χ3n) is 2.01. The summed E-state index contributed by atoms with van der Waals surface area (Å²) in [5.41, 5.74) is 1.01. The molecule has 0 aliphatic heterocycles. The van der Waals surface area contributed by atoms with Crippen molar-refractivity contribution in [2.24, 2.45) is 7.05 Å². The van der Waals surface area contributed by atoms with Crippen molar-refractivity contribution in [3.63, 3.8) is 0 Å². The summed E-state index contributed by atoms with van der Waals surface area (Å²) in [6.45, 7) is 8.16. The number of aryl methyl sites for hydroxylation is 2. The summed E-state index contributed by atoms with van der Waals surface area (Å²) in [4.78, 5) is 11.4. The molecule has 1 aromatic heterocycles. The Balaban J connectivity index is 2.84. The fourth-order valence-electron chi connectivity index (χ4n) is 1.04. The first-order valence-electron chi connectivity index (χ1n) is 4.27. The second kappa shape index (κ2) is 3.60. The smallest absolute Gasteiger partial charge is 0.282 e. The van der Waals surface area contributed by atoms with Gasteiger partial charge in [-0.2, -0.15) is 5.10 Å². The molecule has 0 atom stereocenters. The molecule has 1 aromatic rings. The fourth-order valence-corrected chi connectivity index (χ4v) is 1.04. The number of hydrogen-bond donors (Lipinski definition) is 0. The van der Waals surface area contributed by atoms with Crippen LogP contribution in [0.5, 0.6) is 0 Å². The topological polar surface area (TPSA) is 39.8 Å². The predicted octanol–water partition coefficient (Wildman–Crippen LogP) is 0.856. The quantitative estimate of drug-likeness (QED) is 0.649. The Morgan fingerprint density at radius 2 is 2.23 bits per heavy atom. The standard InChI is InChI=1S/C9H15N3O/c1-7(2)5-6-12-9(13)11(4)8(3)10-12/h1,5-6H2,2-4H3. The molecule has 0 bridgehead atoms. The van der Waals surface area contributed by atoms with Crippen molar-refractivity contribution in [1.82, 2.24) is 14.3 Å². The van der Waals surface area contributed by atoms with Gasteiger partial charge in [-0.25, -0.2) is 9.48 Å². The first kappa shape index (κ1) is 9.77. The highest BCUT2D eigenvalue weighted by molar-refractivity contribution is 4.88. The molecule has 4 nitrogen and oxygen atoms in total. The zero-order valence-corrected chi connectivity index (χ0v) is 8.37. The van der Waals surface area contributed by atoms with Gasteiger partial charge in [0.1, 0.15) is 5.82 Å². The molecule has 0 radical (unpaired) electrons. The molecule has 72 valence electrons. The Labute approximate surface area is 77.5 Å². The molecule has 0 saturated carbocycles. The molecule has 0 spiro atoms. The van der Waals surface area contributed by atoms with E-state index in [9.17, 15) is 4.79 Å². The fraction of sp³-hybridized carbons (Fsp3) is 0.556. The maximum Gasteiger partial charge on any atom is 0.345 e. The van der Waals surface area contributed by atoms with E-state index in [1.165, 1.54) is 4.68 Å². The molecule has 0 aliphatic carbocycles. The predicted molar refractivity (Wildman–Crippen MR) is 51.6 cm³/mol. The maximum absolute atomic E-state index is 11.4. The molecule has 0 saturated heterocycles. The van der Waals surface area contributed by atoms with Gasteiger partial charge in [0, 0.05) is 7.05 Å². The molecule has 0 amide bonds. The Hall–Kier alpha value is -1.32. The van der Waals surface area contributed by atoms with Crippen LogP contribution in [0.15, 0.2) is 16.9 Å². The summed E-state index contributed by atoms with van der Waals surface area (Å²) < 4.78 is 3.02. The number of allylic oxidation sites excluding steroid dienone is 1. The van der Waals surface area contributed by atoms with Crippen LogP contribution in [0.4, 0.5) is 0 Å². The average molecular weight is 181 g/mol. The minimum Gasteiger partial charge on any atom is -0.282 e. The Morgan fingerprint density at radius 3 is 2.62 bits per heavy atom. The first-order chi connectivity index (χ1) is 6.02. The second-order valence-electron chi connectivity index (χ2n) is 3.32. The largest absolute Gasteiger partial charge is 0.345 e. The lowest BCUT2D eigenvalue weighted by molar-refractivity contribution is 0.582. The third-order valence-corrected chi connectivity index (χ3v) is 2.01. The minimum absolute atomic E-state index is 0.0567. The van der Waals surface area contributed by atoms with Crippen LogP contribution >= 0.6 is 0 Å². The molecular formula is C9H15N3O. The molecule has 0 N–H and O–H groups in total. The lowest BCUT2D eigenvalue weighted by Crippen LogP contribution is -2.23. The molecular weight excluding hydrogens is 166 g/mol. The molecule has 1 rings (SSSR count). The summed E-state index contributed by atoms with van der Waals surface area (Å²) in [5, 5.41) is 4.11. The van der Waals surface area contributed by atoms with Crippen molar-refractivity contribution < 1.29 is 0 Å². The van der Waals surface area contributed by atoms with Gasteiger partial charge in [0.2, 0.25) is 0 Å². The Bertz CT molecular complexity index is 373. The van der Waals surface area contributed by atoms with Gasteiger partial charge < -0.3 is 0 Å². The second-order valence-corrected chi connectivity index (χ2v) is 3.32. The van der Waals surface area contributed by atoms with E-state index >= 15 is 0 Å². The molecule has 4 heteroatoms. The van der Waals surface area contributed by atoms with Gasteiger partial charge in [-0.1, -0.05) is 5.57 Å². The lowest BCUT2D eigenvalue weighted by Gasteiger charge is -1.97. The molecule has 1 heterocycles. The van der Waals surface area contributed by atoms with Crippen LogP contribution < -0.4 is 5.69 Å². The van der Waals surface area contributed by atoms with Crippen LogP contribution in [-0.4, -0.2) is 14.3 Å². The highest BCUT2D eigenvalue weighted by Crippen LogP contribution is 1.97. The number of hydrogen-bond acceptors (Lipinski definition) is 2. The van der Waals surface area contributed by atoms with Crippen molar-refractivity contribution in [1.29, 1.82) is 0 Å². The lowest BCUT2D eigenvalue weighted by atomic mass is 10.2. The summed E-state index contributed by atoms with van der Waals surface area (Å²) in [6, 6.07) is 0. The molecule has 0 aliphatic rings. The maximum atomic E-state index is 11.4. The van der Waals surface area contributed by atoms with E-state index in [0.717, 1.165) is 17.8 Å². The van der Waals surface area contributed by atoms with Gasteiger partial charge in [0.05, 0.1) is 6.54 Å².